The summed E-state index contributed by atoms with van der Waals surface area (Å²) in [7, 11) is -2.92. The van der Waals surface area contributed by atoms with Crippen LogP contribution in [0.2, 0.25) is 0 Å². The minimum atomic E-state index is -2.92. The maximum Gasteiger partial charge on any atom is 3.00 e. The summed E-state index contributed by atoms with van der Waals surface area (Å²) in [6, 6.07) is 0. The van der Waals surface area contributed by atoms with E-state index >= 15 is 0 Å². The van der Waals surface area contributed by atoms with Crippen molar-refractivity contribution in [1.82, 2.24) is 0 Å². The summed E-state index contributed by atoms with van der Waals surface area (Å²) < 4.78 is 0. The molecule has 0 aromatic rings. The molecule has 0 aromatic heterocycles. The van der Waals surface area contributed by atoms with E-state index in [2.05, 4.69) is 0 Å². The van der Waals surface area contributed by atoms with Gasteiger partial charge in [0.25, 0.3) is 0 Å². The zero-order valence-corrected chi connectivity index (χ0v) is 4.72. The molecular weight excluding hydrogens is 241 g/mol. The molecule has 0 heterocycles. The van der Waals surface area contributed by atoms with Crippen LogP contribution in [0.4, 0.5) is 0 Å². The van der Waals surface area contributed by atoms with Crippen LogP contribution in [-0.4, -0.2) is 7.32 Å². The Bertz CT molecular complexity index is 15.5. The molecule has 0 atom stereocenters. The Hall–Kier alpha value is 1.78. The summed E-state index contributed by atoms with van der Waals surface area (Å²) in [5, 5.41) is 25.2. The van der Waals surface area contributed by atoms with Crippen LogP contribution in [-0.2, 0) is 0 Å². The van der Waals surface area contributed by atoms with Crippen molar-refractivity contribution >= 4 is 7.32 Å². The second-order valence-electron chi connectivity index (χ2n) is 0.289. The van der Waals surface area contributed by atoms with Crippen LogP contribution in [0, 0.1) is 36.9 Å². The van der Waals surface area contributed by atoms with Gasteiger partial charge in [-0.1, -0.05) is 0 Å². The molecule has 3 nitrogen and oxygen atoms in total. The van der Waals surface area contributed by atoms with Crippen LogP contribution >= 0.6 is 0 Å². The first-order valence-electron chi connectivity index (χ1n) is 0.707. The van der Waals surface area contributed by atoms with Crippen LogP contribution in [0.5, 0.6) is 0 Å². The molecule has 0 N–H and O–H groups in total. The number of hydrogen-bond acceptors (Lipinski definition) is 3. The Kier molecular flexibility index (Phi) is 25.9. The molecular formula is BLiLuO3+. The molecule has 0 spiro atoms. The van der Waals surface area contributed by atoms with Gasteiger partial charge in [-0.2, -0.15) is 0 Å². The Morgan fingerprint density at radius 1 is 1.00 bits per heavy atom. The fourth-order valence-electron chi connectivity index (χ4n) is 0. The summed E-state index contributed by atoms with van der Waals surface area (Å²) in [6.45, 7) is 0. The van der Waals surface area contributed by atoms with Gasteiger partial charge >= 0.3 is 55.7 Å². The van der Waals surface area contributed by atoms with Crippen molar-refractivity contribution < 1.29 is 70.8 Å². The van der Waals surface area contributed by atoms with Crippen molar-refractivity contribution in [2.45, 2.75) is 0 Å². The Morgan fingerprint density at radius 2 is 1.00 bits per heavy atom. The Balaban J connectivity index is -0.0000000450. The maximum absolute atomic E-state index is 8.42. The van der Waals surface area contributed by atoms with Crippen LogP contribution in [0.25, 0.3) is 0 Å². The van der Waals surface area contributed by atoms with E-state index in [1.54, 1.807) is 0 Å². The topological polar surface area (TPSA) is 69.2 Å². The van der Waals surface area contributed by atoms with Crippen molar-refractivity contribution in [2.75, 3.05) is 0 Å². The van der Waals surface area contributed by atoms with Gasteiger partial charge < -0.3 is 15.1 Å². The van der Waals surface area contributed by atoms with E-state index in [9.17, 15) is 0 Å². The summed E-state index contributed by atoms with van der Waals surface area (Å²) >= 11 is 0. The maximum atomic E-state index is 8.42. The van der Waals surface area contributed by atoms with Gasteiger partial charge in [0.1, 0.15) is 0 Å². The van der Waals surface area contributed by atoms with E-state index < -0.39 is 7.32 Å². The van der Waals surface area contributed by atoms with E-state index in [0.29, 0.717) is 0 Å². The zero-order chi connectivity index (χ0) is 3.58. The molecule has 6 heavy (non-hydrogen) atoms. The summed E-state index contributed by atoms with van der Waals surface area (Å²) in [4.78, 5) is 0. The molecule has 0 amide bonds. The normalized spacial score (nSPS) is 4.50. The fourth-order valence-corrected chi connectivity index (χ4v) is 0. The smallest absolute Gasteiger partial charge is 0.907 e. The van der Waals surface area contributed by atoms with Gasteiger partial charge in [-0.3, -0.25) is 7.32 Å². The van der Waals surface area contributed by atoms with Gasteiger partial charge in [0.05, 0.1) is 0 Å². The fraction of sp³-hybridized carbons (Fsp3) is 0. The van der Waals surface area contributed by atoms with E-state index in [1.807, 2.05) is 0 Å². The third-order valence-corrected chi connectivity index (χ3v) is 0. The van der Waals surface area contributed by atoms with E-state index in [0.717, 1.165) is 0 Å². The monoisotopic (exact) mass is 241 g/mol. The number of rotatable bonds is 0. The van der Waals surface area contributed by atoms with Gasteiger partial charge in [-0.25, -0.2) is 0 Å². The van der Waals surface area contributed by atoms with Crippen LogP contribution in [0.1, 0.15) is 0 Å². The second-order valence-corrected chi connectivity index (χ2v) is 0.289. The standard InChI is InChI=1S/BO3.Li.Lu/c2-1(3)4;;/q-3;+1;+3. The van der Waals surface area contributed by atoms with Crippen LogP contribution in [0.15, 0.2) is 0 Å². The van der Waals surface area contributed by atoms with Gasteiger partial charge in [0, 0.05) is 0 Å². The molecule has 0 aliphatic heterocycles. The predicted molar refractivity (Wildman–Crippen MR) is 5.75 cm³/mol. The first kappa shape index (κ1) is 15.7. The van der Waals surface area contributed by atoms with E-state index in [1.165, 1.54) is 0 Å². The molecule has 0 saturated heterocycles. The van der Waals surface area contributed by atoms with Gasteiger partial charge in [0.2, 0.25) is 0 Å². The van der Waals surface area contributed by atoms with Crippen molar-refractivity contribution in [1.29, 1.82) is 0 Å². The van der Waals surface area contributed by atoms with E-state index in [-0.39, 0.29) is 55.7 Å². The first-order chi connectivity index (χ1) is 1.73. The minimum Gasteiger partial charge on any atom is -0.907 e. The molecule has 0 saturated carbocycles. The van der Waals surface area contributed by atoms with Crippen molar-refractivity contribution in [3.63, 3.8) is 0 Å². The average molecular weight is 241 g/mol. The Labute approximate surface area is 77.3 Å². The Morgan fingerprint density at radius 3 is 1.00 bits per heavy atom. The van der Waals surface area contributed by atoms with Gasteiger partial charge in [0.15, 0.2) is 0 Å². The van der Waals surface area contributed by atoms with Crippen LogP contribution in [0.3, 0.4) is 0 Å². The van der Waals surface area contributed by atoms with Crippen molar-refractivity contribution in [2.24, 2.45) is 0 Å². The SMILES string of the molecule is [Li+].[Lu+3].[O-]B([O-])[O-]. The first-order valence-corrected chi connectivity index (χ1v) is 0.707. The second kappa shape index (κ2) is 9.91. The molecule has 0 fully saturated rings. The van der Waals surface area contributed by atoms with Gasteiger partial charge in [-0.05, 0) is 0 Å². The molecule has 0 rings (SSSR count). The van der Waals surface area contributed by atoms with Crippen LogP contribution < -0.4 is 33.9 Å². The molecule has 6 heteroatoms. The molecule has 0 aliphatic carbocycles. The molecule has 0 radical (unpaired) electrons. The van der Waals surface area contributed by atoms with Crippen molar-refractivity contribution in [3.05, 3.63) is 0 Å². The molecule has 0 aromatic carbocycles. The summed E-state index contributed by atoms with van der Waals surface area (Å²) in [6.07, 6.45) is 0. The minimum absolute atomic E-state index is 0. The third kappa shape index (κ3) is 41.8. The van der Waals surface area contributed by atoms with Gasteiger partial charge in [-0.15, -0.1) is 0 Å². The predicted octanol–water partition coefficient (Wildman–Crippen LogP) is -6.94. The molecule has 36 valence electrons. The summed E-state index contributed by atoms with van der Waals surface area (Å²) in [5.74, 6) is 0. The average Bonchev–Trinajstić information content (AvgIpc) is 0.811. The zero-order valence-electron chi connectivity index (χ0n) is 3.06. The molecule has 0 bridgehead atoms. The quantitative estimate of drug-likeness (QED) is 0.395. The van der Waals surface area contributed by atoms with E-state index in [4.69, 9.17) is 15.1 Å². The summed E-state index contributed by atoms with van der Waals surface area (Å²) in [5.41, 5.74) is 0. The van der Waals surface area contributed by atoms with Crippen molar-refractivity contribution in [3.8, 4) is 0 Å². The number of hydrogen-bond donors (Lipinski definition) is 0. The molecule has 0 aliphatic rings. The third-order valence-electron chi connectivity index (χ3n) is 0. The largest absolute Gasteiger partial charge is 3.00 e. The molecule has 0 unspecified atom stereocenters.